The minimum absolute atomic E-state index is 0.131. The van der Waals surface area contributed by atoms with Crippen molar-refractivity contribution < 1.29 is 14.3 Å². The van der Waals surface area contributed by atoms with E-state index in [1.165, 1.54) is 0 Å². The SMILES string of the molecule is Cc1nnc(-c2ccc(C(=O)NCC(C)CCO)cc2)o1. The Balaban J connectivity index is 1.97. The molecule has 0 aliphatic heterocycles. The molecule has 1 aromatic heterocycles. The molecule has 21 heavy (non-hydrogen) atoms. The predicted molar refractivity (Wildman–Crippen MR) is 77.7 cm³/mol. The zero-order chi connectivity index (χ0) is 15.2. The number of aryl methyl sites for hydroxylation is 1. The zero-order valence-electron chi connectivity index (χ0n) is 12.2. The van der Waals surface area contributed by atoms with E-state index in [2.05, 4.69) is 15.5 Å². The molecule has 0 spiro atoms. The summed E-state index contributed by atoms with van der Waals surface area (Å²) in [5, 5.41) is 19.4. The molecule has 6 heteroatoms. The number of nitrogens with one attached hydrogen (secondary N) is 1. The molecular formula is C15H19N3O3. The van der Waals surface area contributed by atoms with Gasteiger partial charge in [0, 0.05) is 31.2 Å². The van der Waals surface area contributed by atoms with E-state index >= 15 is 0 Å². The molecule has 2 rings (SSSR count). The molecule has 0 aliphatic carbocycles. The van der Waals surface area contributed by atoms with Crippen LogP contribution >= 0.6 is 0 Å². The van der Waals surface area contributed by atoms with E-state index < -0.39 is 0 Å². The molecule has 0 radical (unpaired) electrons. The lowest BCUT2D eigenvalue weighted by molar-refractivity contribution is 0.0945. The predicted octanol–water partition coefficient (Wildman–Crippen LogP) is 1.79. The van der Waals surface area contributed by atoms with Crippen molar-refractivity contribution >= 4 is 5.91 Å². The summed E-state index contributed by atoms with van der Waals surface area (Å²) in [6.07, 6.45) is 0.676. The molecule has 1 heterocycles. The lowest BCUT2D eigenvalue weighted by Crippen LogP contribution is -2.28. The Kier molecular flexibility index (Phi) is 5.05. The monoisotopic (exact) mass is 289 g/mol. The number of aliphatic hydroxyl groups excluding tert-OH is 1. The van der Waals surface area contributed by atoms with Crippen molar-refractivity contribution in [2.75, 3.05) is 13.2 Å². The third-order valence-corrected chi connectivity index (χ3v) is 3.15. The number of aromatic nitrogens is 2. The lowest BCUT2D eigenvalue weighted by Gasteiger charge is -2.11. The van der Waals surface area contributed by atoms with Crippen molar-refractivity contribution in [2.24, 2.45) is 5.92 Å². The second kappa shape index (κ2) is 6.99. The van der Waals surface area contributed by atoms with Crippen LogP contribution in [0.15, 0.2) is 28.7 Å². The molecule has 2 N–H and O–H groups in total. The van der Waals surface area contributed by atoms with Crippen molar-refractivity contribution in [1.82, 2.24) is 15.5 Å². The largest absolute Gasteiger partial charge is 0.421 e. The van der Waals surface area contributed by atoms with Crippen LogP contribution in [0.25, 0.3) is 11.5 Å². The van der Waals surface area contributed by atoms with Crippen LogP contribution < -0.4 is 5.32 Å². The van der Waals surface area contributed by atoms with Gasteiger partial charge in [-0.1, -0.05) is 6.92 Å². The Bertz CT molecular complexity index is 592. The van der Waals surface area contributed by atoms with Gasteiger partial charge in [0.2, 0.25) is 11.8 Å². The van der Waals surface area contributed by atoms with Crippen LogP contribution in [-0.2, 0) is 0 Å². The van der Waals surface area contributed by atoms with Crippen molar-refractivity contribution in [2.45, 2.75) is 20.3 Å². The number of benzene rings is 1. The zero-order valence-corrected chi connectivity index (χ0v) is 12.2. The minimum Gasteiger partial charge on any atom is -0.421 e. The topological polar surface area (TPSA) is 88.2 Å². The molecular weight excluding hydrogens is 270 g/mol. The van der Waals surface area contributed by atoms with Gasteiger partial charge in [0.05, 0.1) is 0 Å². The normalized spacial score (nSPS) is 12.1. The molecule has 0 aliphatic rings. The number of amides is 1. The summed E-state index contributed by atoms with van der Waals surface area (Å²) < 4.78 is 5.33. The highest BCUT2D eigenvalue weighted by Crippen LogP contribution is 2.18. The number of carbonyl (C=O) groups is 1. The minimum atomic E-state index is -0.131. The molecule has 1 atom stereocenters. The summed E-state index contributed by atoms with van der Waals surface area (Å²) in [5.41, 5.74) is 1.35. The van der Waals surface area contributed by atoms with Crippen LogP contribution in [0.2, 0.25) is 0 Å². The molecule has 0 saturated carbocycles. The van der Waals surface area contributed by atoms with Crippen LogP contribution in [0.5, 0.6) is 0 Å². The van der Waals surface area contributed by atoms with Crippen LogP contribution in [0.4, 0.5) is 0 Å². The highest BCUT2D eigenvalue weighted by atomic mass is 16.4. The number of carbonyl (C=O) groups excluding carboxylic acids is 1. The summed E-state index contributed by atoms with van der Waals surface area (Å²) in [6, 6.07) is 7.00. The van der Waals surface area contributed by atoms with Crippen molar-refractivity contribution in [3.05, 3.63) is 35.7 Å². The molecule has 112 valence electrons. The Morgan fingerprint density at radius 1 is 1.33 bits per heavy atom. The molecule has 1 unspecified atom stereocenters. The van der Waals surface area contributed by atoms with Gasteiger partial charge < -0.3 is 14.8 Å². The van der Waals surface area contributed by atoms with E-state index in [9.17, 15) is 4.79 Å². The molecule has 6 nitrogen and oxygen atoms in total. The van der Waals surface area contributed by atoms with E-state index in [-0.39, 0.29) is 18.4 Å². The summed E-state index contributed by atoms with van der Waals surface area (Å²) in [4.78, 5) is 12.0. The van der Waals surface area contributed by atoms with Crippen LogP contribution in [0.1, 0.15) is 29.6 Å². The lowest BCUT2D eigenvalue weighted by atomic mass is 10.1. The highest BCUT2D eigenvalue weighted by Gasteiger charge is 2.10. The molecule has 0 bridgehead atoms. The number of rotatable bonds is 6. The van der Waals surface area contributed by atoms with Crippen LogP contribution in [-0.4, -0.2) is 34.4 Å². The molecule has 1 amide bonds. The quantitative estimate of drug-likeness (QED) is 0.846. The summed E-state index contributed by atoms with van der Waals surface area (Å²) in [7, 11) is 0. The van der Waals surface area contributed by atoms with E-state index in [4.69, 9.17) is 9.52 Å². The molecule has 1 aromatic carbocycles. The smallest absolute Gasteiger partial charge is 0.251 e. The Morgan fingerprint density at radius 2 is 2.05 bits per heavy atom. The van der Waals surface area contributed by atoms with E-state index in [0.29, 0.717) is 30.3 Å². The summed E-state index contributed by atoms with van der Waals surface area (Å²) in [6.45, 7) is 4.39. The Morgan fingerprint density at radius 3 is 2.62 bits per heavy atom. The van der Waals surface area contributed by atoms with Gasteiger partial charge in [0.25, 0.3) is 5.91 Å². The van der Waals surface area contributed by atoms with E-state index in [0.717, 1.165) is 5.56 Å². The average molecular weight is 289 g/mol. The average Bonchev–Trinajstić information content (AvgIpc) is 2.92. The fraction of sp³-hybridized carbons (Fsp3) is 0.400. The summed E-state index contributed by atoms with van der Waals surface area (Å²) >= 11 is 0. The second-order valence-corrected chi connectivity index (χ2v) is 5.03. The number of hydrogen-bond donors (Lipinski definition) is 2. The van der Waals surface area contributed by atoms with Crippen LogP contribution in [0.3, 0.4) is 0 Å². The third kappa shape index (κ3) is 4.13. The fourth-order valence-corrected chi connectivity index (χ4v) is 1.87. The van der Waals surface area contributed by atoms with Crippen molar-refractivity contribution in [3.63, 3.8) is 0 Å². The first-order valence-corrected chi connectivity index (χ1v) is 6.89. The second-order valence-electron chi connectivity index (χ2n) is 5.03. The standard InChI is InChI=1S/C15H19N3O3/c1-10(7-8-19)9-16-14(20)12-3-5-13(6-4-12)15-18-17-11(2)21-15/h3-6,10,19H,7-9H2,1-2H3,(H,16,20). The van der Waals surface area contributed by atoms with Gasteiger partial charge >= 0.3 is 0 Å². The molecule has 0 fully saturated rings. The third-order valence-electron chi connectivity index (χ3n) is 3.15. The summed E-state index contributed by atoms with van der Waals surface area (Å²) in [5.74, 6) is 1.06. The van der Waals surface area contributed by atoms with Gasteiger partial charge in [-0.05, 0) is 36.6 Å². The molecule has 0 saturated heterocycles. The fourth-order valence-electron chi connectivity index (χ4n) is 1.87. The Labute approximate surface area is 123 Å². The molecule has 2 aromatic rings. The van der Waals surface area contributed by atoms with Gasteiger partial charge in [-0.15, -0.1) is 10.2 Å². The Hall–Kier alpha value is -2.21. The van der Waals surface area contributed by atoms with Gasteiger partial charge in [0.1, 0.15) is 0 Å². The first-order valence-electron chi connectivity index (χ1n) is 6.89. The number of nitrogens with zero attached hydrogens (tertiary/aromatic N) is 2. The van der Waals surface area contributed by atoms with Crippen LogP contribution in [0, 0.1) is 12.8 Å². The van der Waals surface area contributed by atoms with E-state index in [1.807, 2.05) is 6.92 Å². The van der Waals surface area contributed by atoms with Gasteiger partial charge in [-0.25, -0.2) is 0 Å². The maximum absolute atomic E-state index is 12.0. The van der Waals surface area contributed by atoms with Crippen molar-refractivity contribution in [1.29, 1.82) is 0 Å². The first kappa shape index (κ1) is 15.2. The maximum Gasteiger partial charge on any atom is 0.251 e. The van der Waals surface area contributed by atoms with Gasteiger partial charge in [0.15, 0.2) is 0 Å². The number of aliphatic hydroxyl groups is 1. The first-order chi connectivity index (χ1) is 10.1. The van der Waals surface area contributed by atoms with Crippen molar-refractivity contribution in [3.8, 4) is 11.5 Å². The highest BCUT2D eigenvalue weighted by molar-refractivity contribution is 5.94. The van der Waals surface area contributed by atoms with Gasteiger partial charge in [-0.3, -0.25) is 4.79 Å². The number of hydrogen-bond acceptors (Lipinski definition) is 5. The maximum atomic E-state index is 12.0. The van der Waals surface area contributed by atoms with E-state index in [1.54, 1.807) is 31.2 Å². The van der Waals surface area contributed by atoms with Gasteiger partial charge in [-0.2, -0.15) is 0 Å².